The second-order valence-electron chi connectivity index (χ2n) is 6.91. The van der Waals surface area contributed by atoms with Gasteiger partial charge in [-0.2, -0.15) is 0 Å². The van der Waals surface area contributed by atoms with E-state index in [1.165, 1.54) is 0 Å². The average molecular weight is 291 g/mol. The van der Waals surface area contributed by atoms with E-state index in [4.69, 9.17) is 4.42 Å². The van der Waals surface area contributed by atoms with Crippen LogP contribution in [0.25, 0.3) is 0 Å². The summed E-state index contributed by atoms with van der Waals surface area (Å²) >= 11 is 0. The molecule has 2 aliphatic rings. The summed E-state index contributed by atoms with van der Waals surface area (Å²) in [5.74, 6) is -0.372. The highest BCUT2D eigenvalue weighted by atomic mass is 16.4. The maximum Gasteiger partial charge on any atom is 0.310 e. The smallest absolute Gasteiger partial charge is 0.310 e. The molecule has 1 spiro atoms. The molecule has 3 rings (SSSR count). The molecule has 0 bridgehead atoms. The van der Waals surface area contributed by atoms with Gasteiger partial charge in [-0.1, -0.05) is 13.8 Å². The van der Waals surface area contributed by atoms with Crippen LogP contribution in [0.5, 0.6) is 0 Å². The van der Waals surface area contributed by atoms with Crippen molar-refractivity contribution in [3.05, 3.63) is 24.2 Å². The number of carbonyl (C=O) groups excluding carboxylic acids is 1. The van der Waals surface area contributed by atoms with E-state index in [1.54, 1.807) is 25.3 Å². The summed E-state index contributed by atoms with van der Waals surface area (Å²) in [6, 6.07) is 3.58. The van der Waals surface area contributed by atoms with Gasteiger partial charge in [0.05, 0.1) is 18.2 Å². The molecule has 1 aromatic rings. The van der Waals surface area contributed by atoms with Gasteiger partial charge < -0.3 is 14.8 Å². The normalized spacial score (nSPS) is 36.0. The highest BCUT2D eigenvalue weighted by Crippen LogP contribution is 2.87. The lowest BCUT2D eigenvalue weighted by atomic mass is 9.63. The van der Waals surface area contributed by atoms with Crippen molar-refractivity contribution in [1.82, 2.24) is 5.32 Å². The maximum absolute atomic E-state index is 12.4. The third-order valence-corrected chi connectivity index (χ3v) is 6.38. The van der Waals surface area contributed by atoms with Gasteiger partial charge in [-0.05, 0) is 37.3 Å². The number of carboxylic acids is 1. The minimum absolute atomic E-state index is 0.0595. The first-order valence-corrected chi connectivity index (χ1v) is 7.32. The second-order valence-corrected chi connectivity index (χ2v) is 6.91. The Kier molecular flexibility index (Phi) is 2.78. The van der Waals surface area contributed by atoms with E-state index in [0.717, 1.165) is 12.8 Å². The summed E-state index contributed by atoms with van der Waals surface area (Å²) in [7, 11) is 0. The Bertz CT molecular complexity index is 591. The Labute approximate surface area is 123 Å². The minimum atomic E-state index is -0.815. The van der Waals surface area contributed by atoms with Crippen molar-refractivity contribution >= 4 is 11.9 Å². The lowest BCUT2D eigenvalue weighted by molar-refractivity contribution is -0.148. The summed E-state index contributed by atoms with van der Waals surface area (Å²) in [5.41, 5.74) is -1.57. The number of hydrogen-bond donors (Lipinski definition) is 2. The summed E-state index contributed by atoms with van der Waals surface area (Å²) in [4.78, 5) is 24.1. The van der Waals surface area contributed by atoms with Gasteiger partial charge in [-0.3, -0.25) is 9.59 Å². The molecule has 1 aromatic heterocycles. The molecule has 0 saturated heterocycles. The lowest BCUT2D eigenvalue weighted by Gasteiger charge is -2.40. The number of aliphatic carboxylic acids is 1. The fourth-order valence-corrected chi connectivity index (χ4v) is 4.68. The van der Waals surface area contributed by atoms with Crippen LogP contribution in [0.4, 0.5) is 0 Å². The van der Waals surface area contributed by atoms with Gasteiger partial charge in [0.1, 0.15) is 5.76 Å². The Morgan fingerprint density at radius 3 is 2.57 bits per heavy atom. The number of rotatable bonds is 4. The molecule has 1 heterocycles. The highest BCUT2D eigenvalue weighted by molar-refractivity contribution is 5.89. The standard InChI is InChI=1S/C16H21NO4/c1-14(2)15(3,13(19)20)16(14)7-6-11(16)12(18)17-9-10-5-4-8-21-10/h4-5,8,11H,6-7,9H2,1-3H3,(H,17,18)(H,19,20). The van der Waals surface area contributed by atoms with E-state index in [-0.39, 0.29) is 17.2 Å². The number of furan rings is 1. The van der Waals surface area contributed by atoms with Gasteiger partial charge in [0.25, 0.3) is 0 Å². The summed E-state index contributed by atoms with van der Waals surface area (Å²) in [5, 5.41) is 12.5. The van der Waals surface area contributed by atoms with Crippen LogP contribution < -0.4 is 5.32 Å². The van der Waals surface area contributed by atoms with Crippen LogP contribution in [0.15, 0.2) is 22.8 Å². The molecular formula is C16H21NO4. The molecule has 2 saturated carbocycles. The average Bonchev–Trinajstić information content (AvgIpc) is 2.73. The van der Waals surface area contributed by atoms with Crippen LogP contribution in [0, 0.1) is 22.2 Å². The van der Waals surface area contributed by atoms with Crippen molar-refractivity contribution < 1.29 is 19.1 Å². The van der Waals surface area contributed by atoms with Gasteiger partial charge in [-0.25, -0.2) is 0 Å². The Morgan fingerprint density at radius 2 is 2.14 bits per heavy atom. The van der Waals surface area contributed by atoms with Crippen molar-refractivity contribution in [2.24, 2.45) is 22.2 Å². The Morgan fingerprint density at radius 1 is 1.43 bits per heavy atom. The zero-order chi connectivity index (χ0) is 15.5. The van der Waals surface area contributed by atoms with Crippen molar-refractivity contribution in [1.29, 1.82) is 0 Å². The number of hydrogen-bond acceptors (Lipinski definition) is 3. The Balaban J connectivity index is 1.73. The molecule has 3 unspecified atom stereocenters. The van der Waals surface area contributed by atoms with Crippen LogP contribution in [-0.2, 0) is 16.1 Å². The highest BCUT2D eigenvalue weighted by Gasteiger charge is 2.88. The zero-order valence-electron chi connectivity index (χ0n) is 12.6. The van der Waals surface area contributed by atoms with Gasteiger partial charge in [0.2, 0.25) is 5.91 Å². The molecule has 2 fully saturated rings. The first-order valence-electron chi connectivity index (χ1n) is 7.32. The van der Waals surface area contributed by atoms with E-state index in [0.29, 0.717) is 12.3 Å². The molecule has 2 N–H and O–H groups in total. The van der Waals surface area contributed by atoms with E-state index >= 15 is 0 Å². The van der Waals surface area contributed by atoms with E-state index in [9.17, 15) is 14.7 Å². The molecule has 3 atom stereocenters. The van der Waals surface area contributed by atoms with Gasteiger partial charge in [0, 0.05) is 11.3 Å². The molecule has 1 amide bonds. The summed E-state index contributed by atoms with van der Waals surface area (Å²) in [6.07, 6.45) is 3.13. The second kappa shape index (κ2) is 4.12. The van der Waals surface area contributed by atoms with Crippen LogP contribution in [0.2, 0.25) is 0 Å². The third kappa shape index (κ3) is 1.46. The first kappa shape index (κ1) is 14.2. The predicted molar refractivity (Wildman–Crippen MR) is 75.2 cm³/mol. The number of nitrogens with one attached hydrogen (secondary N) is 1. The molecule has 2 aliphatic carbocycles. The Hall–Kier alpha value is -1.78. The molecule has 0 radical (unpaired) electrons. The van der Waals surface area contributed by atoms with E-state index in [1.807, 2.05) is 13.8 Å². The van der Waals surface area contributed by atoms with Gasteiger partial charge in [-0.15, -0.1) is 0 Å². The van der Waals surface area contributed by atoms with Crippen molar-refractivity contribution in [3.63, 3.8) is 0 Å². The third-order valence-electron chi connectivity index (χ3n) is 6.38. The van der Waals surface area contributed by atoms with Crippen molar-refractivity contribution in [3.8, 4) is 0 Å². The number of carbonyl (C=O) groups is 2. The topological polar surface area (TPSA) is 79.5 Å². The van der Waals surface area contributed by atoms with Crippen LogP contribution >= 0.6 is 0 Å². The van der Waals surface area contributed by atoms with E-state index in [2.05, 4.69) is 5.32 Å². The van der Waals surface area contributed by atoms with Gasteiger partial charge in [0.15, 0.2) is 0 Å². The zero-order valence-corrected chi connectivity index (χ0v) is 12.6. The maximum atomic E-state index is 12.4. The molecule has 21 heavy (non-hydrogen) atoms. The van der Waals surface area contributed by atoms with Gasteiger partial charge >= 0.3 is 5.97 Å². The van der Waals surface area contributed by atoms with Crippen LogP contribution in [0.3, 0.4) is 0 Å². The molecular weight excluding hydrogens is 270 g/mol. The monoisotopic (exact) mass is 291 g/mol. The quantitative estimate of drug-likeness (QED) is 0.893. The molecule has 0 aromatic carbocycles. The lowest BCUT2D eigenvalue weighted by Crippen LogP contribution is -2.46. The fourth-order valence-electron chi connectivity index (χ4n) is 4.68. The van der Waals surface area contributed by atoms with E-state index < -0.39 is 16.8 Å². The molecule has 114 valence electrons. The number of amides is 1. The van der Waals surface area contributed by atoms with Crippen molar-refractivity contribution in [2.75, 3.05) is 0 Å². The molecule has 5 heteroatoms. The first-order chi connectivity index (χ1) is 9.79. The van der Waals surface area contributed by atoms with Crippen LogP contribution in [-0.4, -0.2) is 17.0 Å². The SMILES string of the molecule is CC1(C)C(C)(C(=O)O)C12CCC2C(=O)NCc1ccco1. The summed E-state index contributed by atoms with van der Waals surface area (Å²) < 4.78 is 5.19. The molecule has 5 nitrogen and oxygen atoms in total. The van der Waals surface area contributed by atoms with Crippen molar-refractivity contribution in [2.45, 2.75) is 40.2 Å². The largest absolute Gasteiger partial charge is 0.481 e. The number of carboxylic acid groups (broad SMARTS) is 1. The fraction of sp³-hybridized carbons (Fsp3) is 0.625. The molecule has 0 aliphatic heterocycles. The minimum Gasteiger partial charge on any atom is -0.481 e. The summed E-state index contributed by atoms with van der Waals surface area (Å²) in [6.45, 7) is 6.06. The van der Waals surface area contributed by atoms with Crippen LogP contribution in [0.1, 0.15) is 39.4 Å². The predicted octanol–water partition coefficient (Wildman–Crippen LogP) is 2.42.